The average Bonchev–Trinajstić information content (AvgIpc) is 1.52. The van der Waals surface area contributed by atoms with Gasteiger partial charge in [0.05, 0.1) is 78.6 Å². The highest BCUT2D eigenvalue weighted by Gasteiger charge is 2.68. The van der Waals surface area contributed by atoms with Crippen LogP contribution in [0.4, 0.5) is 0 Å². The van der Waals surface area contributed by atoms with Gasteiger partial charge in [-0.3, -0.25) is 47.9 Å². The molecule has 0 amide bonds. The Morgan fingerprint density at radius 3 is 0.837 bits per heavy atom. The van der Waals surface area contributed by atoms with Crippen molar-refractivity contribution < 1.29 is 116 Å². The van der Waals surface area contributed by atoms with Gasteiger partial charge in [-0.1, -0.05) is 184 Å². The first-order chi connectivity index (χ1) is 62.8. The molecule has 4 N–H and O–H groups in total. The van der Waals surface area contributed by atoms with E-state index in [-0.39, 0.29) is 95.2 Å². The van der Waals surface area contributed by atoms with Crippen molar-refractivity contribution in [3.63, 3.8) is 0 Å². The predicted octanol–water partition coefficient (Wildman–Crippen LogP) is 21.5. The number of benzene rings is 4. The van der Waals surface area contributed by atoms with Crippen LogP contribution in [0.2, 0.25) is 0 Å². The topological polar surface area (TPSA) is 344 Å². The fourth-order valence-electron chi connectivity index (χ4n) is 20.3. The molecule has 0 radical (unpaired) electrons. The van der Waals surface area contributed by atoms with Gasteiger partial charge >= 0.3 is 59.7 Å². The molecule has 6 saturated heterocycles. The molecule has 24 nitrogen and oxygen atoms in total. The fourth-order valence-corrected chi connectivity index (χ4v) is 20.3. The summed E-state index contributed by atoms with van der Waals surface area (Å²) in [5.74, 6) is -0.901. The number of aliphatic hydroxyl groups is 2. The molecule has 8 saturated carbocycles. The van der Waals surface area contributed by atoms with E-state index >= 15 is 0 Å². The van der Waals surface area contributed by atoms with Crippen LogP contribution in [0.3, 0.4) is 0 Å². The van der Waals surface area contributed by atoms with E-state index in [0.717, 1.165) is 99.3 Å². The third-order valence-electron chi connectivity index (χ3n) is 32.4. The van der Waals surface area contributed by atoms with E-state index in [9.17, 15) is 58.2 Å². The summed E-state index contributed by atoms with van der Waals surface area (Å²) >= 11 is 0. The highest BCUT2D eigenvalue weighted by Crippen LogP contribution is 2.61. The Bertz CT molecular complexity index is 4430. The zero-order chi connectivity index (χ0) is 101. The monoisotopic (exact) mass is 1880 g/mol. The Morgan fingerprint density at radius 1 is 0.326 bits per heavy atom. The Hall–Kier alpha value is -8.58. The van der Waals surface area contributed by atoms with Crippen molar-refractivity contribution >= 4 is 59.7 Å². The predicted molar refractivity (Wildman–Crippen MR) is 513 cm³/mol. The van der Waals surface area contributed by atoms with Crippen LogP contribution >= 0.6 is 0 Å². The van der Waals surface area contributed by atoms with Gasteiger partial charge < -0.3 is 67.8 Å². The molecule has 14 aliphatic rings. The molecule has 0 aromatic heterocycles. The van der Waals surface area contributed by atoms with Crippen LogP contribution in [0.1, 0.15) is 350 Å². The van der Waals surface area contributed by atoms with E-state index in [0.29, 0.717) is 81.5 Å². The van der Waals surface area contributed by atoms with Gasteiger partial charge in [0.2, 0.25) is 0 Å². The van der Waals surface area contributed by atoms with Crippen molar-refractivity contribution in [3.8, 4) is 0 Å². The van der Waals surface area contributed by atoms with Gasteiger partial charge in [0.1, 0.15) is 23.4 Å². The molecule has 18 rings (SSSR count). The van der Waals surface area contributed by atoms with Crippen molar-refractivity contribution in [2.24, 2.45) is 78.8 Å². The normalized spacial score (nSPS) is 28.8. The van der Waals surface area contributed by atoms with Crippen molar-refractivity contribution in [2.75, 3.05) is 0 Å². The minimum Gasteiger partial charge on any atom is -0.481 e. The summed E-state index contributed by atoms with van der Waals surface area (Å²) in [6, 6.07) is 39.8. The lowest BCUT2D eigenvalue weighted by Gasteiger charge is -2.59. The van der Waals surface area contributed by atoms with Crippen LogP contribution in [0.15, 0.2) is 121 Å². The van der Waals surface area contributed by atoms with E-state index in [2.05, 4.69) is 6.92 Å². The van der Waals surface area contributed by atoms with Crippen molar-refractivity contribution in [1.82, 2.24) is 0 Å². The summed E-state index contributed by atoms with van der Waals surface area (Å²) in [4.78, 5) is 118. The second-order valence-corrected chi connectivity index (χ2v) is 46.0. The van der Waals surface area contributed by atoms with Gasteiger partial charge in [-0.15, -0.1) is 0 Å². The molecule has 4 aromatic rings. The highest BCUT2D eigenvalue weighted by atomic mass is 16.7. The average molecular weight is 1880 g/mol. The van der Waals surface area contributed by atoms with Crippen LogP contribution < -0.4 is 0 Å². The summed E-state index contributed by atoms with van der Waals surface area (Å²) < 4.78 is 57.1. The largest absolute Gasteiger partial charge is 0.481 e. The van der Waals surface area contributed by atoms with Gasteiger partial charge in [-0.25, -0.2) is 0 Å². The van der Waals surface area contributed by atoms with Gasteiger partial charge in [0.15, 0.2) is 35.6 Å². The SMILES string of the molecule is CCC(C)(C)C(=O)O.CCC(C)(C)C(=O)O.CCC(C)(C)C(=O)OC(C)(c1ccccc1)c1ccccc1.CCC(C)(C)C(=O)OC(CC)(c1ccccc1)c1ccccc1.CCC(C)(C)C(=O)OC12CC3CC(CC(O)(C3)C1)C2.CCC(C)(C)C(=O)OC12CC3CC(CC(O)(C3)C1)C2.CCC(C)(C)C(=O)OC1C2CC3C(=O)OC1C3O2.CCC(C)(C)C(=O)OC1C2CC3C(=O)OC1C3O2. The fraction of sp³-hybridized carbons (Fsp3) is 0.694. The number of esters is 8. The molecular formula is C111H162O24. The summed E-state index contributed by atoms with van der Waals surface area (Å²) in [6.07, 6.45) is 16.7. The standard InChI is InChI=1S/C21H26O2.C20H24O2.2C16H26O3.2C13H18O5.2C6H12O2/c1-5-20(3,4)19(22)23-21(6-2,17-13-9-7-10-14-17)18-15-11-8-12-16-18;1-5-19(2,3)18(21)22-20(4,16-12-8-6-9-13-16)17-14-10-7-11-15-17;2*1-4-14(2,3)13(17)19-16-8-11-5-12(9-16)7-15(18,6-11)10-16;2*1-4-13(2,3)12(15)18-9-7-5-6-8(16-7)10(9)17-11(6)14;2*1-4-6(2,3)5(7)8/h7-16H,5-6H2,1-4H3;6-15H,5H2,1-4H3;2*11-12,18H,4-10H2,1-3H3;2*6-10H,4-5H2,1-3H3;2*4H2,1-3H3,(H,7,8). The number of aliphatic carboxylic acids is 2. The second kappa shape index (κ2) is 43.0. The Morgan fingerprint density at radius 2 is 0.585 bits per heavy atom. The summed E-state index contributed by atoms with van der Waals surface area (Å²) in [6.45, 7) is 49.5. The lowest BCUT2D eigenvalue weighted by atomic mass is 9.52. The van der Waals surface area contributed by atoms with Crippen molar-refractivity contribution in [2.45, 2.75) is 410 Å². The summed E-state index contributed by atoms with van der Waals surface area (Å²) in [7, 11) is 0. The first-order valence-electron chi connectivity index (χ1n) is 50.0. The van der Waals surface area contributed by atoms with Gasteiger partial charge in [-0.05, 0) is 287 Å². The zero-order valence-electron chi connectivity index (χ0n) is 85.8. The number of carboxylic acids is 2. The van der Waals surface area contributed by atoms with E-state index in [4.69, 9.17) is 57.6 Å². The lowest BCUT2D eigenvalue weighted by Crippen LogP contribution is -2.61. The molecule has 6 heterocycles. The minimum absolute atomic E-state index is 0.0828. The molecule has 14 unspecified atom stereocenters. The number of carboxylic acid groups (broad SMARTS) is 2. The van der Waals surface area contributed by atoms with E-state index in [1.165, 1.54) is 12.8 Å². The smallest absolute Gasteiger partial charge is 0.312 e. The van der Waals surface area contributed by atoms with Crippen molar-refractivity contribution in [3.05, 3.63) is 144 Å². The molecule has 6 aliphatic heterocycles. The maximum absolute atomic E-state index is 12.8. The number of ether oxygens (including phenoxy) is 10. The summed E-state index contributed by atoms with van der Waals surface area (Å²) in [5.41, 5.74) is -3.31. The molecule has 4 aromatic carbocycles. The van der Waals surface area contributed by atoms with Crippen LogP contribution in [-0.4, -0.2) is 151 Å². The van der Waals surface area contributed by atoms with Gasteiger partial charge in [0, 0.05) is 24.0 Å². The van der Waals surface area contributed by atoms with E-state index < -0.39 is 102 Å². The maximum atomic E-state index is 12.8. The number of hydrogen-bond acceptors (Lipinski definition) is 22. The molecule has 12 bridgehead atoms. The quantitative estimate of drug-likeness (QED) is 0.0318. The molecular weight excluding hydrogens is 1720 g/mol. The van der Waals surface area contributed by atoms with Gasteiger partial charge in [-0.2, -0.15) is 0 Å². The molecule has 750 valence electrons. The summed E-state index contributed by atoms with van der Waals surface area (Å²) in [5, 5.41) is 38.2. The Balaban J connectivity index is 0.000000176. The molecule has 0 spiro atoms. The number of rotatable bonds is 27. The first kappa shape index (κ1) is 110. The zero-order valence-corrected chi connectivity index (χ0v) is 85.8. The second-order valence-electron chi connectivity index (χ2n) is 46.0. The molecule has 14 fully saturated rings. The molecule has 24 heteroatoms. The number of hydrogen-bond donors (Lipinski definition) is 4. The van der Waals surface area contributed by atoms with Gasteiger partial charge in [0.25, 0.3) is 0 Å². The number of fused-ring (bicyclic) bond motifs is 2. The first-order valence-corrected chi connectivity index (χ1v) is 50.0. The highest BCUT2D eigenvalue weighted by molar-refractivity contribution is 5.82. The third-order valence-corrected chi connectivity index (χ3v) is 32.4. The van der Waals surface area contributed by atoms with Crippen molar-refractivity contribution in [1.29, 1.82) is 0 Å². The lowest BCUT2D eigenvalue weighted by molar-refractivity contribution is -0.226. The number of carbonyl (C=O) groups excluding carboxylic acids is 8. The number of carbonyl (C=O) groups is 10. The van der Waals surface area contributed by atoms with Crippen LogP contribution in [0.25, 0.3) is 0 Å². The Labute approximate surface area is 803 Å². The maximum Gasteiger partial charge on any atom is 0.312 e. The van der Waals surface area contributed by atoms with Crippen LogP contribution in [-0.2, 0) is 107 Å². The third kappa shape index (κ3) is 25.4. The minimum atomic E-state index is -0.786. The van der Waals surface area contributed by atoms with E-state index in [1.807, 2.05) is 267 Å². The van der Waals surface area contributed by atoms with Crippen LogP contribution in [0, 0.1) is 78.8 Å². The Kier molecular flexibility index (Phi) is 35.1. The van der Waals surface area contributed by atoms with Crippen LogP contribution in [0.5, 0.6) is 0 Å². The van der Waals surface area contributed by atoms with E-state index in [1.54, 1.807) is 27.7 Å². The molecule has 135 heavy (non-hydrogen) atoms. The molecule has 14 atom stereocenters. The molecule has 8 aliphatic carbocycles.